The van der Waals surface area contributed by atoms with Gasteiger partial charge in [-0.3, -0.25) is 0 Å². The molecule has 1 rings (SSSR count). The molecule has 0 bridgehead atoms. The molecule has 0 atom stereocenters. The van der Waals surface area contributed by atoms with Crippen molar-refractivity contribution in [1.29, 1.82) is 0 Å². The molecule has 0 aliphatic heterocycles. The van der Waals surface area contributed by atoms with Crippen molar-refractivity contribution in [2.75, 3.05) is 13.2 Å². The molecule has 0 spiro atoms. The van der Waals surface area contributed by atoms with E-state index in [4.69, 9.17) is 0 Å². The summed E-state index contributed by atoms with van der Waals surface area (Å²) >= 11 is 0. The van der Waals surface area contributed by atoms with Crippen LogP contribution in [0.4, 0.5) is 0 Å². The third-order valence-electron chi connectivity index (χ3n) is 1.93. The molecule has 21 heavy (non-hydrogen) atoms. The second-order valence-electron chi connectivity index (χ2n) is 3.55. The highest BCUT2D eigenvalue weighted by atomic mass is 127. The molecule has 0 saturated carbocycles. The van der Waals surface area contributed by atoms with Crippen molar-refractivity contribution in [1.82, 2.24) is 4.57 Å². The molecular formula is C14H21IN2O4. The van der Waals surface area contributed by atoms with Crippen LogP contribution in [0.2, 0.25) is 0 Å². The Morgan fingerprint density at radius 1 is 1.19 bits per heavy atom. The largest absolute Gasteiger partial charge is 1.00 e. The summed E-state index contributed by atoms with van der Waals surface area (Å²) in [6.07, 6.45) is 9.67. The number of ether oxygens (including phenoxy) is 2. The van der Waals surface area contributed by atoms with Gasteiger partial charge in [0, 0.05) is 12.2 Å². The Hall–Kier alpha value is -1.64. The molecule has 0 amide bonds. The summed E-state index contributed by atoms with van der Waals surface area (Å²) in [6, 6.07) is 0. The van der Waals surface area contributed by atoms with Crippen LogP contribution in [0.3, 0.4) is 0 Å². The number of esters is 2. The smallest absolute Gasteiger partial charge is 0.330 e. The highest BCUT2D eigenvalue weighted by Gasteiger charge is 1.97. The summed E-state index contributed by atoms with van der Waals surface area (Å²) < 4.78 is 12.9. The first-order chi connectivity index (χ1) is 9.53. The van der Waals surface area contributed by atoms with Gasteiger partial charge in [-0.2, -0.15) is 0 Å². The number of carbonyl (C=O) groups is 2. The van der Waals surface area contributed by atoms with Gasteiger partial charge in [-0.05, 0) is 13.8 Å². The highest BCUT2D eigenvalue weighted by Crippen LogP contribution is 1.84. The van der Waals surface area contributed by atoms with Gasteiger partial charge in [0.2, 0.25) is 6.33 Å². The van der Waals surface area contributed by atoms with Crippen LogP contribution in [0.5, 0.6) is 0 Å². The quantitative estimate of drug-likeness (QED) is 0.247. The minimum atomic E-state index is -0.537. The van der Waals surface area contributed by atoms with Gasteiger partial charge in [0.15, 0.2) is 0 Å². The van der Waals surface area contributed by atoms with E-state index in [0.29, 0.717) is 13.2 Å². The highest BCUT2D eigenvalue weighted by molar-refractivity contribution is 5.91. The Bertz CT molecular complexity index is 449. The van der Waals surface area contributed by atoms with Crippen LogP contribution in [-0.4, -0.2) is 29.7 Å². The second-order valence-corrected chi connectivity index (χ2v) is 3.55. The summed E-state index contributed by atoms with van der Waals surface area (Å²) in [4.78, 5) is 21.3. The zero-order valence-electron chi connectivity index (χ0n) is 12.5. The lowest BCUT2D eigenvalue weighted by atomic mass is 10.5. The molecular weight excluding hydrogens is 387 g/mol. The molecule has 1 heterocycles. The Morgan fingerprint density at radius 2 is 1.67 bits per heavy atom. The van der Waals surface area contributed by atoms with E-state index in [1.807, 2.05) is 34.9 Å². The predicted molar refractivity (Wildman–Crippen MR) is 74.4 cm³/mol. The van der Waals surface area contributed by atoms with E-state index >= 15 is 0 Å². The number of hydrogen-bond donors (Lipinski definition) is 0. The van der Waals surface area contributed by atoms with Crippen molar-refractivity contribution < 1.29 is 47.6 Å². The lowest BCUT2D eigenvalue weighted by Gasteiger charge is -1.95. The Balaban J connectivity index is 0. The van der Waals surface area contributed by atoms with E-state index in [0.717, 1.165) is 12.2 Å². The van der Waals surface area contributed by atoms with Crippen molar-refractivity contribution in [3.8, 4) is 0 Å². The normalized spacial score (nSPS) is 9.10. The minimum Gasteiger partial charge on any atom is -1.00 e. The Morgan fingerprint density at radius 3 is 1.90 bits per heavy atom. The van der Waals surface area contributed by atoms with Crippen LogP contribution in [0.1, 0.15) is 13.8 Å². The maximum atomic E-state index is 10.6. The van der Waals surface area contributed by atoms with E-state index in [-0.39, 0.29) is 24.0 Å². The number of carbonyl (C=O) groups excluding carboxylic acids is 2. The second kappa shape index (κ2) is 13.3. The number of nitrogens with zero attached hydrogens (tertiary/aromatic N) is 2. The molecule has 0 fully saturated rings. The van der Waals surface area contributed by atoms with Crippen LogP contribution < -0.4 is 28.5 Å². The van der Waals surface area contributed by atoms with E-state index in [2.05, 4.69) is 16.1 Å². The zero-order chi connectivity index (χ0) is 15.4. The molecule has 7 heteroatoms. The summed E-state index contributed by atoms with van der Waals surface area (Å²) in [5.74, 6) is -1.07. The van der Waals surface area contributed by atoms with Crippen molar-refractivity contribution in [2.24, 2.45) is 7.05 Å². The van der Waals surface area contributed by atoms with Gasteiger partial charge in [0.1, 0.15) is 12.4 Å². The summed E-state index contributed by atoms with van der Waals surface area (Å²) in [5, 5.41) is 0. The van der Waals surface area contributed by atoms with Crippen molar-refractivity contribution in [3.63, 3.8) is 0 Å². The molecule has 6 nitrogen and oxygen atoms in total. The Labute approximate surface area is 142 Å². The summed E-state index contributed by atoms with van der Waals surface area (Å²) in [7, 11) is 1.97. The average molecular weight is 408 g/mol. The number of aryl methyl sites for hydroxylation is 1. The molecule has 0 radical (unpaired) electrons. The minimum absolute atomic E-state index is 0. The van der Waals surface area contributed by atoms with Gasteiger partial charge >= 0.3 is 11.9 Å². The van der Waals surface area contributed by atoms with Gasteiger partial charge < -0.3 is 33.5 Å². The fourth-order valence-electron chi connectivity index (χ4n) is 1.09. The lowest BCUT2D eigenvalue weighted by molar-refractivity contribution is -0.670. The van der Waals surface area contributed by atoms with Gasteiger partial charge in [0.25, 0.3) is 0 Å². The summed E-state index contributed by atoms with van der Waals surface area (Å²) in [5.41, 5.74) is 0. The maximum absolute atomic E-state index is 10.6. The SMILES string of the molecule is C=Cn1cc[n+](C)c1.CCOC(=O)/C=C\C(=O)OCC.[I-]. The fourth-order valence-corrected chi connectivity index (χ4v) is 1.09. The van der Waals surface area contributed by atoms with Crippen LogP contribution in [0.25, 0.3) is 6.20 Å². The first-order valence-corrected chi connectivity index (χ1v) is 6.20. The predicted octanol–water partition coefficient (Wildman–Crippen LogP) is -1.91. The zero-order valence-corrected chi connectivity index (χ0v) is 14.6. The molecule has 0 saturated heterocycles. The third kappa shape index (κ3) is 11.9. The lowest BCUT2D eigenvalue weighted by Crippen LogP contribution is -3.00. The average Bonchev–Trinajstić information content (AvgIpc) is 2.84. The number of hydrogen-bond acceptors (Lipinski definition) is 4. The summed E-state index contributed by atoms with van der Waals surface area (Å²) in [6.45, 7) is 7.57. The van der Waals surface area contributed by atoms with Gasteiger partial charge in [-0.15, -0.1) is 0 Å². The van der Waals surface area contributed by atoms with Crippen molar-refractivity contribution >= 4 is 18.1 Å². The van der Waals surface area contributed by atoms with Crippen LogP contribution in [-0.2, 0) is 26.1 Å². The van der Waals surface area contributed by atoms with Crippen molar-refractivity contribution in [3.05, 3.63) is 37.5 Å². The van der Waals surface area contributed by atoms with Crippen molar-refractivity contribution in [2.45, 2.75) is 13.8 Å². The van der Waals surface area contributed by atoms with Crippen LogP contribution in [0.15, 0.2) is 37.5 Å². The number of imidazole rings is 1. The topological polar surface area (TPSA) is 61.4 Å². The standard InChI is InChI=1S/C8H12O4.C6H9N2.HI/c1-3-11-7(9)5-6-8(10)12-4-2;1-3-8-5-4-7(2)6-8;/h5-6H,3-4H2,1-2H3;3-6H,1H2,2H3;1H/q;+1;/p-1/b6-5-;;. The molecule has 0 N–H and O–H groups in total. The third-order valence-corrected chi connectivity index (χ3v) is 1.93. The maximum Gasteiger partial charge on any atom is 0.330 e. The molecule has 1 aromatic heterocycles. The van der Waals surface area contributed by atoms with Gasteiger partial charge in [-0.1, -0.05) is 6.58 Å². The molecule has 0 aliphatic carbocycles. The molecule has 1 aromatic rings. The Kier molecular flexibility index (Phi) is 13.8. The van der Waals surface area contributed by atoms with E-state index < -0.39 is 11.9 Å². The molecule has 0 aliphatic rings. The first kappa shape index (κ1) is 21.7. The van der Waals surface area contributed by atoms with E-state index in [1.165, 1.54) is 0 Å². The van der Waals surface area contributed by atoms with Crippen LogP contribution >= 0.6 is 0 Å². The van der Waals surface area contributed by atoms with Gasteiger partial charge in [0.05, 0.1) is 26.5 Å². The van der Waals surface area contributed by atoms with E-state index in [1.54, 1.807) is 20.0 Å². The molecule has 0 unspecified atom stereocenters. The first-order valence-electron chi connectivity index (χ1n) is 6.20. The molecule has 0 aromatic carbocycles. The van der Waals surface area contributed by atoms with Crippen LogP contribution in [0, 0.1) is 0 Å². The molecule has 118 valence electrons. The van der Waals surface area contributed by atoms with E-state index in [9.17, 15) is 9.59 Å². The number of halogens is 1. The number of rotatable bonds is 5. The van der Waals surface area contributed by atoms with Gasteiger partial charge in [-0.25, -0.2) is 18.7 Å². The number of aromatic nitrogens is 2. The fraction of sp³-hybridized carbons (Fsp3) is 0.357. The monoisotopic (exact) mass is 408 g/mol.